The molecule has 0 aromatic heterocycles. The summed E-state index contributed by atoms with van der Waals surface area (Å²) in [7, 11) is 5.83. The molecule has 0 amide bonds. The van der Waals surface area contributed by atoms with Crippen LogP contribution < -0.4 is 10.1 Å². The highest BCUT2D eigenvalue weighted by atomic mass is 16.5. The van der Waals surface area contributed by atoms with Gasteiger partial charge in [0.1, 0.15) is 5.75 Å². The topological polar surface area (TPSA) is 33.7 Å². The first kappa shape index (κ1) is 15.3. The monoisotopic (exact) mass is 278 g/mol. The Balaban J connectivity index is 1.79. The van der Waals surface area contributed by atoms with Crippen molar-refractivity contribution in [3.05, 3.63) is 29.8 Å². The summed E-state index contributed by atoms with van der Waals surface area (Å²) in [5, 5.41) is 3.18. The van der Waals surface area contributed by atoms with Crippen LogP contribution in [-0.2, 0) is 11.3 Å². The van der Waals surface area contributed by atoms with Gasteiger partial charge in [0, 0.05) is 19.6 Å². The summed E-state index contributed by atoms with van der Waals surface area (Å²) in [5.41, 5.74) is 1.27. The largest absolute Gasteiger partial charge is 0.497 e. The maximum Gasteiger partial charge on any atom is 0.119 e. The van der Waals surface area contributed by atoms with Gasteiger partial charge < -0.3 is 14.8 Å². The van der Waals surface area contributed by atoms with E-state index in [1.54, 1.807) is 7.11 Å². The summed E-state index contributed by atoms with van der Waals surface area (Å²) in [6, 6.07) is 8.25. The molecule has 0 bridgehead atoms. The van der Waals surface area contributed by atoms with Crippen LogP contribution in [0.2, 0.25) is 0 Å². The smallest absolute Gasteiger partial charge is 0.119 e. The second kappa shape index (κ2) is 7.62. The van der Waals surface area contributed by atoms with Gasteiger partial charge in [0.2, 0.25) is 0 Å². The van der Waals surface area contributed by atoms with E-state index < -0.39 is 0 Å². The second-order valence-corrected chi connectivity index (χ2v) is 5.56. The molecule has 4 heteroatoms. The molecule has 20 heavy (non-hydrogen) atoms. The lowest BCUT2D eigenvalue weighted by atomic mass is 10.1. The highest BCUT2D eigenvalue weighted by Gasteiger charge is 2.25. The second-order valence-electron chi connectivity index (χ2n) is 5.56. The van der Waals surface area contributed by atoms with Crippen LogP contribution in [-0.4, -0.2) is 51.4 Å². The Morgan fingerprint density at radius 2 is 2.15 bits per heavy atom. The fourth-order valence-corrected chi connectivity index (χ4v) is 2.79. The van der Waals surface area contributed by atoms with Crippen molar-refractivity contribution in [2.75, 3.05) is 34.3 Å². The molecular weight excluding hydrogens is 252 g/mol. The van der Waals surface area contributed by atoms with E-state index >= 15 is 0 Å². The van der Waals surface area contributed by atoms with Crippen molar-refractivity contribution >= 4 is 0 Å². The summed E-state index contributed by atoms with van der Waals surface area (Å²) in [5.74, 6) is 0.919. The number of methoxy groups -OCH3 is 1. The predicted octanol–water partition coefficient (Wildman–Crippen LogP) is 1.89. The van der Waals surface area contributed by atoms with Crippen molar-refractivity contribution in [1.29, 1.82) is 0 Å². The highest BCUT2D eigenvalue weighted by molar-refractivity contribution is 5.28. The van der Waals surface area contributed by atoms with Crippen LogP contribution in [0.25, 0.3) is 0 Å². The van der Waals surface area contributed by atoms with E-state index in [2.05, 4.69) is 29.4 Å². The lowest BCUT2D eigenvalue weighted by Crippen LogP contribution is -2.30. The van der Waals surface area contributed by atoms with Gasteiger partial charge in [-0.25, -0.2) is 0 Å². The molecule has 2 atom stereocenters. The molecule has 1 fully saturated rings. The Hall–Kier alpha value is -1.10. The van der Waals surface area contributed by atoms with Crippen LogP contribution in [0.1, 0.15) is 18.4 Å². The van der Waals surface area contributed by atoms with E-state index in [0.29, 0.717) is 12.2 Å². The van der Waals surface area contributed by atoms with E-state index in [4.69, 9.17) is 9.47 Å². The van der Waals surface area contributed by atoms with Gasteiger partial charge in [0.15, 0.2) is 0 Å². The van der Waals surface area contributed by atoms with Crippen LogP contribution in [0.15, 0.2) is 24.3 Å². The normalized spacial score (nSPS) is 22.4. The maximum atomic E-state index is 6.03. The van der Waals surface area contributed by atoms with Crippen LogP contribution >= 0.6 is 0 Å². The molecule has 2 rings (SSSR count). The number of ether oxygens (including phenoxy) is 2. The zero-order valence-corrected chi connectivity index (χ0v) is 12.8. The quantitative estimate of drug-likeness (QED) is 0.826. The predicted molar refractivity (Wildman–Crippen MR) is 81.1 cm³/mol. The molecule has 112 valence electrons. The summed E-state index contributed by atoms with van der Waals surface area (Å²) in [4.78, 5) is 2.32. The lowest BCUT2D eigenvalue weighted by molar-refractivity contribution is 0.0276. The highest BCUT2D eigenvalue weighted by Crippen LogP contribution is 2.21. The minimum Gasteiger partial charge on any atom is -0.497 e. The Kier molecular flexibility index (Phi) is 5.83. The van der Waals surface area contributed by atoms with Crippen LogP contribution in [0.4, 0.5) is 0 Å². The summed E-state index contributed by atoms with van der Waals surface area (Å²) in [6.07, 6.45) is 3.08. The van der Waals surface area contributed by atoms with Gasteiger partial charge in [-0.3, -0.25) is 4.90 Å². The molecule has 1 N–H and O–H groups in total. The van der Waals surface area contributed by atoms with E-state index in [1.807, 2.05) is 19.2 Å². The molecule has 1 aromatic carbocycles. The minimum absolute atomic E-state index is 0.365. The molecule has 1 aliphatic rings. The molecule has 0 radical (unpaired) electrons. The molecule has 0 spiro atoms. The lowest BCUT2D eigenvalue weighted by Gasteiger charge is -2.21. The molecule has 2 unspecified atom stereocenters. The number of benzene rings is 1. The Morgan fingerprint density at radius 3 is 2.90 bits per heavy atom. The summed E-state index contributed by atoms with van der Waals surface area (Å²) < 4.78 is 11.3. The van der Waals surface area contributed by atoms with Crippen molar-refractivity contribution in [2.45, 2.75) is 31.6 Å². The fraction of sp³-hybridized carbons (Fsp3) is 0.625. The number of likely N-dealkylation sites (N-methyl/N-ethyl adjacent to an activating group) is 2. The van der Waals surface area contributed by atoms with Gasteiger partial charge in [-0.2, -0.15) is 0 Å². The first-order chi connectivity index (χ1) is 9.71. The van der Waals surface area contributed by atoms with Crippen LogP contribution in [0.3, 0.4) is 0 Å². The van der Waals surface area contributed by atoms with Gasteiger partial charge in [-0.1, -0.05) is 12.1 Å². The third-order valence-electron chi connectivity index (χ3n) is 3.73. The Morgan fingerprint density at radius 1 is 1.35 bits per heavy atom. The van der Waals surface area contributed by atoms with E-state index in [0.717, 1.165) is 31.8 Å². The van der Waals surface area contributed by atoms with Gasteiger partial charge in [0.05, 0.1) is 19.3 Å². The number of nitrogens with one attached hydrogen (secondary N) is 1. The molecule has 1 aromatic rings. The summed E-state index contributed by atoms with van der Waals surface area (Å²) in [6.45, 7) is 2.86. The molecule has 1 aliphatic heterocycles. The molecule has 0 saturated carbocycles. The maximum absolute atomic E-state index is 6.03. The molecular formula is C16H26N2O2. The zero-order chi connectivity index (χ0) is 14.4. The molecule has 1 saturated heterocycles. The van der Waals surface area contributed by atoms with E-state index in [1.165, 1.54) is 12.0 Å². The third-order valence-corrected chi connectivity index (χ3v) is 3.73. The van der Waals surface area contributed by atoms with Crippen LogP contribution in [0.5, 0.6) is 5.75 Å². The van der Waals surface area contributed by atoms with Crippen LogP contribution in [0, 0.1) is 0 Å². The molecule has 4 nitrogen and oxygen atoms in total. The van der Waals surface area contributed by atoms with Crippen molar-refractivity contribution < 1.29 is 9.47 Å². The molecule has 1 heterocycles. The molecule has 0 aliphatic carbocycles. The van der Waals surface area contributed by atoms with Gasteiger partial charge in [-0.05, 0) is 44.6 Å². The SMILES string of the molecule is CNCC1CCC(CN(C)Cc2cccc(OC)c2)O1. The Labute approximate surface area is 122 Å². The standard InChI is InChI=1S/C16H26N2O2/c1-17-10-15-7-8-16(20-15)12-18(2)11-13-5-4-6-14(9-13)19-3/h4-6,9,15-17H,7-8,10-12H2,1-3H3. The summed E-state index contributed by atoms with van der Waals surface area (Å²) >= 11 is 0. The van der Waals surface area contributed by atoms with Gasteiger partial charge in [0.25, 0.3) is 0 Å². The van der Waals surface area contributed by atoms with Crippen molar-refractivity contribution in [3.8, 4) is 5.75 Å². The number of hydrogen-bond acceptors (Lipinski definition) is 4. The number of nitrogens with zero attached hydrogens (tertiary/aromatic N) is 1. The number of rotatable bonds is 7. The van der Waals surface area contributed by atoms with Crippen molar-refractivity contribution in [2.24, 2.45) is 0 Å². The Bertz CT molecular complexity index is 411. The minimum atomic E-state index is 0.365. The third kappa shape index (κ3) is 4.47. The fourth-order valence-electron chi connectivity index (χ4n) is 2.79. The van der Waals surface area contributed by atoms with Gasteiger partial charge in [-0.15, -0.1) is 0 Å². The average Bonchev–Trinajstić information content (AvgIpc) is 2.86. The van der Waals surface area contributed by atoms with Crippen molar-refractivity contribution in [3.63, 3.8) is 0 Å². The zero-order valence-electron chi connectivity index (χ0n) is 12.8. The van der Waals surface area contributed by atoms with Gasteiger partial charge >= 0.3 is 0 Å². The first-order valence-corrected chi connectivity index (χ1v) is 7.32. The van der Waals surface area contributed by atoms with E-state index in [9.17, 15) is 0 Å². The average molecular weight is 278 g/mol. The van der Waals surface area contributed by atoms with E-state index in [-0.39, 0.29) is 0 Å². The van der Waals surface area contributed by atoms with Crippen molar-refractivity contribution in [1.82, 2.24) is 10.2 Å². The first-order valence-electron chi connectivity index (χ1n) is 7.32. The number of hydrogen-bond donors (Lipinski definition) is 1.